The Labute approximate surface area is 201 Å². The maximum Gasteiger partial charge on any atom is 0.312 e. The van der Waals surface area contributed by atoms with Crippen molar-refractivity contribution < 1.29 is 9.59 Å². The van der Waals surface area contributed by atoms with Crippen LogP contribution in [0.15, 0.2) is 66.9 Å². The van der Waals surface area contributed by atoms with E-state index in [9.17, 15) is 9.59 Å². The second-order valence-electron chi connectivity index (χ2n) is 9.24. The van der Waals surface area contributed by atoms with E-state index < -0.39 is 11.8 Å². The van der Waals surface area contributed by atoms with Crippen molar-refractivity contribution in [3.63, 3.8) is 0 Å². The Morgan fingerprint density at radius 3 is 2.38 bits per heavy atom. The van der Waals surface area contributed by atoms with E-state index in [0.717, 1.165) is 22.6 Å². The summed E-state index contributed by atoms with van der Waals surface area (Å²) in [5.41, 5.74) is 3.03. The molecule has 1 aliphatic heterocycles. The van der Waals surface area contributed by atoms with E-state index in [0.29, 0.717) is 26.2 Å². The second-order valence-corrected chi connectivity index (χ2v) is 9.24. The van der Waals surface area contributed by atoms with Gasteiger partial charge in [-0.05, 0) is 18.5 Å². The van der Waals surface area contributed by atoms with Gasteiger partial charge < -0.3 is 20.1 Å². The zero-order valence-corrected chi connectivity index (χ0v) is 20.1. The summed E-state index contributed by atoms with van der Waals surface area (Å²) in [7, 11) is 1.89. The van der Waals surface area contributed by atoms with Crippen molar-refractivity contribution in [2.45, 2.75) is 26.4 Å². The first-order valence-electron chi connectivity index (χ1n) is 11.9. The van der Waals surface area contributed by atoms with Crippen LogP contribution in [0.5, 0.6) is 0 Å². The van der Waals surface area contributed by atoms with Crippen LogP contribution >= 0.6 is 0 Å². The number of aromatic nitrogens is 2. The van der Waals surface area contributed by atoms with Crippen molar-refractivity contribution in [2.75, 3.05) is 26.7 Å². The molecule has 3 aromatic rings. The average molecular weight is 460 g/mol. The first kappa shape index (κ1) is 23.7. The van der Waals surface area contributed by atoms with Crippen LogP contribution in [0.3, 0.4) is 0 Å². The molecule has 178 valence electrons. The molecule has 7 nitrogen and oxygen atoms in total. The number of rotatable bonds is 8. The van der Waals surface area contributed by atoms with E-state index in [1.54, 1.807) is 4.90 Å². The van der Waals surface area contributed by atoms with Crippen LogP contribution in [0.2, 0.25) is 0 Å². The lowest BCUT2D eigenvalue weighted by Gasteiger charge is -2.34. The zero-order valence-electron chi connectivity index (χ0n) is 20.1. The fourth-order valence-electron chi connectivity index (χ4n) is 4.65. The number of carbonyl (C=O) groups is 2. The van der Waals surface area contributed by atoms with E-state index in [4.69, 9.17) is 4.98 Å². The van der Waals surface area contributed by atoms with Crippen LogP contribution < -0.4 is 10.6 Å². The SMILES string of the molecule is CNCC1CNC(=O)C(=O)N(C(c2nc(-c3ccccc3)cn2Cc2ccccc2)C(C)C)C1. The molecule has 0 spiro atoms. The Balaban J connectivity index is 1.79. The van der Waals surface area contributed by atoms with Gasteiger partial charge in [0, 0.05) is 43.9 Å². The fourth-order valence-corrected chi connectivity index (χ4v) is 4.65. The number of hydrogen-bond donors (Lipinski definition) is 2. The van der Waals surface area contributed by atoms with Crippen molar-refractivity contribution in [3.05, 3.63) is 78.2 Å². The standard InChI is InChI=1S/C27H33N5O2/c1-19(2)24(32-17-21(14-28-3)15-29-26(33)27(32)34)25-30-23(22-12-8-5-9-13-22)18-31(25)16-20-10-6-4-7-11-20/h4-13,18-19,21,24,28H,14-17H2,1-3H3,(H,29,33). The summed E-state index contributed by atoms with van der Waals surface area (Å²) in [6, 6.07) is 19.9. The van der Waals surface area contributed by atoms with Crippen LogP contribution in [-0.2, 0) is 16.1 Å². The topological polar surface area (TPSA) is 79.3 Å². The molecule has 4 rings (SSSR count). The molecule has 1 fully saturated rings. The minimum Gasteiger partial charge on any atom is -0.347 e. The third-order valence-electron chi connectivity index (χ3n) is 6.26. The number of benzene rings is 2. The highest BCUT2D eigenvalue weighted by atomic mass is 16.2. The van der Waals surface area contributed by atoms with Crippen molar-refractivity contribution in [1.29, 1.82) is 0 Å². The highest BCUT2D eigenvalue weighted by molar-refractivity contribution is 6.35. The smallest absolute Gasteiger partial charge is 0.312 e. The molecule has 2 N–H and O–H groups in total. The molecule has 0 radical (unpaired) electrons. The molecule has 1 aliphatic rings. The number of nitrogens with zero attached hydrogens (tertiary/aromatic N) is 3. The summed E-state index contributed by atoms with van der Waals surface area (Å²) in [6.07, 6.45) is 2.06. The van der Waals surface area contributed by atoms with Gasteiger partial charge in [0.1, 0.15) is 5.82 Å². The van der Waals surface area contributed by atoms with E-state index in [1.165, 1.54) is 0 Å². The molecule has 0 aliphatic carbocycles. The molecule has 1 saturated heterocycles. The summed E-state index contributed by atoms with van der Waals surface area (Å²) in [6.45, 7) is 6.46. The Morgan fingerprint density at radius 2 is 1.74 bits per heavy atom. The van der Waals surface area contributed by atoms with E-state index in [2.05, 4.69) is 47.4 Å². The highest BCUT2D eigenvalue weighted by Gasteiger charge is 2.38. The van der Waals surface area contributed by atoms with Crippen molar-refractivity contribution in [2.24, 2.45) is 11.8 Å². The third kappa shape index (κ3) is 5.20. The van der Waals surface area contributed by atoms with Crippen molar-refractivity contribution >= 4 is 11.8 Å². The molecular formula is C27H33N5O2. The summed E-state index contributed by atoms with van der Waals surface area (Å²) < 4.78 is 2.13. The normalized spacial score (nSPS) is 17.5. The molecule has 2 heterocycles. The number of nitrogens with one attached hydrogen (secondary N) is 2. The lowest BCUT2D eigenvalue weighted by atomic mass is 9.99. The third-order valence-corrected chi connectivity index (χ3v) is 6.26. The molecule has 2 atom stereocenters. The Morgan fingerprint density at radius 1 is 1.06 bits per heavy atom. The molecule has 0 bridgehead atoms. The molecule has 0 saturated carbocycles. The highest BCUT2D eigenvalue weighted by Crippen LogP contribution is 2.32. The Bertz CT molecular complexity index is 1110. The van der Waals surface area contributed by atoms with Gasteiger partial charge in [0.2, 0.25) is 0 Å². The number of imidazole rings is 1. The quantitative estimate of drug-likeness (QED) is 0.508. The predicted molar refractivity (Wildman–Crippen MR) is 133 cm³/mol. The maximum absolute atomic E-state index is 13.2. The van der Waals surface area contributed by atoms with Gasteiger partial charge in [0.15, 0.2) is 0 Å². The number of hydrogen-bond acceptors (Lipinski definition) is 4. The monoisotopic (exact) mass is 459 g/mol. The Hall–Kier alpha value is -3.45. The molecular weight excluding hydrogens is 426 g/mol. The summed E-state index contributed by atoms with van der Waals surface area (Å²) in [5, 5.41) is 5.98. The Kier molecular flexibility index (Phi) is 7.43. The van der Waals surface area contributed by atoms with Gasteiger partial charge in [-0.2, -0.15) is 0 Å². The number of amides is 2. The van der Waals surface area contributed by atoms with E-state index in [-0.39, 0.29) is 17.9 Å². The summed E-state index contributed by atoms with van der Waals surface area (Å²) in [4.78, 5) is 32.6. The van der Waals surface area contributed by atoms with Crippen molar-refractivity contribution in [3.8, 4) is 11.3 Å². The maximum atomic E-state index is 13.2. The van der Waals surface area contributed by atoms with E-state index >= 15 is 0 Å². The second kappa shape index (κ2) is 10.7. The first-order valence-corrected chi connectivity index (χ1v) is 11.9. The molecule has 2 aromatic carbocycles. The minimum absolute atomic E-state index is 0.0608. The fraction of sp³-hybridized carbons (Fsp3) is 0.370. The van der Waals surface area contributed by atoms with Gasteiger partial charge in [-0.1, -0.05) is 74.5 Å². The van der Waals surface area contributed by atoms with Crippen molar-refractivity contribution in [1.82, 2.24) is 25.1 Å². The lowest BCUT2D eigenvalue weighted by Crippen LogP contribution is -2.45. The summed E-state index contributed by atoms with van der Waals surface area (Å²) in [5.74, 6) is -0.0658. The van der Waals surface area contributed by atoms with Gasteiger partial charge >= 0.3 is 11.8 Å². The first-order chi connectivity index (χ1) is 16.5. The molecule has 7 heteroatoms. The molecule has 34 heavy (non-hydrogen) atoms. The van der Waals surface area contributed by atoms with Gasteiger partial charge in [0.05, 0.1) is 11.7 Å². The van der Waals surface area contributed by atoms with Gasteiger partial charge in [-0.25, -0.2) is 4.98 Å². The average Bonchev–Trinajstić information content (AvgIpc) is 3.19. The van der Waals surface area contributed by atoms with Crippen LogP contribution in [0.25, 0.3) is 11.3 Å². The zero-order chi connectivity index (χ0) is 24.1. The minimum atomic E-state index is -0.547. The van der Waals surface area contributed by atoms with Gasteiger partial charge in [-0.15, -0.1) is 0 Å². The van der Waals surface area contributed by atoms with Crippen LogP contribution in [0, 0.1) is 11.8 Å². The molecule has 2 amide bonds. The number of carbonyl (C=O) groups excluding carboxylic acids is 2. The van der Waals surface area contributed by atoms with Crippen LogP contribution in [0.1, 0.15) is 31.3 Å². The van der Waals surface area contributed by atoms with Crippen LogP contribution in [0.4, 0.5) is 0 Å². The predicted octanol–water partition coefficient (Wildman–Crippen LogP) is 3.09. The summed E-state index contributed by atoms with van der Waals surface area (Å²) >= 11 is 0. The van der Waals surface area contributed by atoms with Crippen LogP contribution in [-0.4, -0.2) is 52.9 Å². The van der Waals surface area contributed by atoms with E-state index in [1.807, 2.05) is 55.6 Å². The lowest BCUT2D eigenvalue weighted by molar-refractivity contribution is -0.147. The molecule has 2 unspecified atom stereocenters. The largest absolute Gasteiger partial charge is 0.347 e. The molecule has 1 aromatic heterocycles. The van der Waals surface area contributed by atoms with Gasteiger partial charge in [-0.3, -0.25) is 9.59 Å². The van der Waals surface area contributed by atoms with Gasteiger partial charge in [0.25, 0.3) is 0 Å².